The molecule has 5 heteroatoms. The van der Waals surface area contributed by atoms with Gasteiger partial charge in [-0.15, -0.1) is 0 Å². The van der Waals surface area contributed by atoms with Gasteiger partial charge in [-0.25, -0.2) is 0 Å². The van der Waals surface area contributed by atoms with Crippen LogP contribution >= 0.6 is 11.6 Å². The number of ether oxygens (including phenoxy) is 1. The van der Waals surface area contributed by atoms with Crippen LogP contribution in [0.1, 0.15) is 42.0 Å². The topological polar surface area (TPSA) is 41.6 Å². The highest BCUT2D eigenvalue weighted by molar-refractivity contribution is 6.32. The molecule has 0 aliphatic carbocycles. The van der Waals surface area contributed by atoms with Crippen molar-refractivity contribution in [2.75, 3.05) is 13.1 Å². The number of hydrogen-bond donors (Lipinski definition) is 1. The summed E-state index contributed by atoms with van der Waals surface area (Å²) in [6, 6.07) is 12.1. The molecule has 28 heavy (non-hydrogen) atoms. The molecule has 1 fully saturated rings. The summed E-state index contributed by atoms with van der Waals surface area (Å²) < 4.78 is 5.84. The lowest BCUT2D eigenvalue weighted by atomic mass is 10.1. The fourth-order valence-electron chi connectivity index (χ4n) is 3.62. The van der Waals surface area contributed by atoms with Crippen molar-refractivity contribution >= 4 is 17.5 Å². The predicted molar refractivity (Wildman–Crippen MR) is 114 cm³/mol. The summed E-state index contributed by atoms with van der Waals surface area (Å²) in [5.74, 6) is 0.540. The van der Waals surface area contributed by atoms with Crippen LogP contribution in [0.2, 0.25) is 5.02 Å². The van der Waals surface area contributed by atoms with E-state index in [0.29, 0.717) is 12.3 Å². The van der Waals surface area contributed by atoms with Crippen LogP contribution < -0.4 is 10.1 Å². The first-order valence-corrected chi connectivity index (χ1v) is 10.3. The molecule has 0 unspecified atom stereocenters. The number of carbonyl (C=O) groups is 1. The van der Waals surface area contributed by atoms with Gasteiger partial charge in [-0.3, -0.25) is 9.69 Å². The van der Waals surface area contributed by atoms with Crippen molar-refractivity contribution in [1.29, 1.82) is 0 Å². The third-order valence-electron chi connectivity index (χ3n) is 5.26. The Morgan fingerprint density at radius 2 is 1.75 bits per heavy atom. The molecule has 2 aromatic rings. The quantitative estimate of drug-likeness (QED) is 0.736. The van der Waals surface area contributed by atoms with Crippen molar-refractivity contribution in [3.63, 3.8) is 0 Å². The summed E-state index contributed by atoms with van der Waals surface area (Å²) in [6.45, 7) is 9.41. The Labute approximate surface area is 172 Å². The van der Waals surface area contributed by atoms with Crippen molar-refractivity contribution < 1.29 is 9.53 Å². The van der Waals surface area contributed by atoms with Gasteiger partial charge >= 0.3 is 0 Å². The first kappa shape index (κ1) is 20.7. The third-order valence-corrected chi connectivity index (χ3v) is 5.85. The molecule has 2 aromatic carbocycles. The van der Waals surface area contributed by atoms with E-state index in [1.165, 1.54) is 18.4 Å². The van der Waals surface area contributed by atoms with Crippen molar-refractivity contribution in [1.82, 2.24) is 10.2 Å². The van der Waals surface area contributed by atoms with E-state index < -0.39 is 6.10 Å². The van der Waals surface area contributed by atoms with Gasteiger partial charge in [0, 0.05) is 18.1 Å². The second-order valence-electron chi connectivity index (χ2n) is 7.60. The summed E-state index contributed by atoms with van der Waals surface area (Å²) in [6.07, 6.45) is 1.97. The van der Waals surface area contributed by atoms with Gasteiger partial charge in [0.15, 0.2) is 6.10 Å². The number of aryl methyl sites for hydroxylation is 2. The smallest absolute Gasteiger partial charge is 0.261 e. The second kappa shape index (κ2) is 9.44. The van der Waals surface area contributed by atoms with Crippen LogP contribution in [-0.4, -0.2) is 30.0 Å². The van der Waals surface area contributed by atoms with Crippen LogP contribution in [0, 0.1) is 13.8 Å². The monoisotopic (exact) mass is 400 g/mol. The molecule has 0 spiro atoms. The van der Waals surface area contributed by atoms with Crippen molar-refractivity contribution in [3.8, 4) is 5.75 Å². The lowest BCUT2D eigenvalue weighted by molar-refractivity contribution is -0.127. The SMILES string of the molecule is Cc1cc(O[C@@H](C)C(=O)NCc2ccccc2CN2CCCC2)cc(C)c1Cl. The van der Waals surface area contributed by atoms with E-state index in [0.717, 1.165) is 41.3 Å². The van der Waals surface area contributed by atoms with Gasteiger partial charge in [0.2, 0.25) is 0 Å². The third kappa shape index (κ3) is 5.27. The lowest BCUT2D eigenvalue weighted by Crippen LogP contribution is -2.36. The zero-order chi connectivity index (χ0) is 20.1. The average molecular weight is 401 g/mol. The Hall–Kier alpha value is -2.04. The van der Waals surface area contributed by atoms with Crippen LogP contribution in [-0.2, 0) is 17.9 Å². The molecule has 1 heterocycles. The summed E-state index contributed by atoms with van der Waals surface area (Å²) in [5, 5.41) is 3.75. The Morgan fingerprint density at radius 1 is 1.14 bits per heavy atom. The molecule has 3 rings (SSSR count). The van der Waals surface area contributed by atoms with E-state index in [-0.39, 0.29) is 5.91 Å². The highest BCUT2D eigenvalue weighted by atomic mass is 35.5. The van der Waals surface area contributed by atoms with Crippen LogP contribution in [0.15, 0.2) is 36.4 Å². The molecule has 0 saturated carbocycles. The molecular formula is C23H29ClN2O2. The first-order valence-electron chi connectivity index (χ1n) is 9.94. The minimum absolute atomic E-state index is 0.124. The molecule has 1 atom stereocenters. The number of amides is 1. The zero-order valence-corrected chi connectivity index (χ0v) is 17.7. The standard InChI is InChI=1S/C23H29ClN2O2/c1-16-12-21(13-17(2)22(16)24)28-18(3)23(27)25-14-19-8-4-5-9-20(19)15-26-10-6-7-11-26/h4-5,8-9,12-13,18H,6-7,10-11,14-15H2,1-3H3,(H,25,27)/t18-/m0/s1. The number of nitrogens with zero attached hydrogens (tertiary/aromatic N) is 1. The molecule has 0 aromatic heterocycles. The Morgan fingerprint density at radius 3 is 2.39 bits per heavy atom. The summed E-state index contributed by atoms with van der Waals surface area (Å²) >= 11 is 6.20. The van der Waals surface area contributed by atoms with Crippen LogP contribution in [0.5, 0.6) is 5.75 Å². The molecule has 0 radical (unpaired) electrons. The van der Waals surface area contributed by atoms with Crippen molar-refractivity contribution in [3.05, 3.63) is 63.7 Å². The highest BCUT2D eigenvalue weighted by Crippen LogP contribution is 2.26. The maximum absolute atomic E-state index is 12.5. The molecular weight excluding hydrogens is 372 g/mol. The number of nitrogens with one attached hydrogen (secondary N) is 1. The number of halogens is 1. The maximum atomic E-state index is 12.5. The van der Waals surface area contributed by atoms with Gasteiger partial charge in [-0.05, 0) is 81.1 Å². The van der Waals surface area contributed by atoms with E-state index in [1.807, 2.05) is 32.0 Å². The van der Waals surface area contributed by atoms with Gasteiger partial charge in [0.25, 0.3) is 5.91 Å². The minimum atomic E-state index is -0.578. The molecule has 1 aliphatic rings. The molecule has 4 nitrogen and oxygen atoms in total. The summed E-state index contributed by atoms with van der Waals surface area (Å²) in [7, 11) is 0. The van der Waals surface area contributed by atoms with E-state index in [1.54, 1.807) is 6.92 Å². The minimum Gasteiger partial charge on any atom is -0.481 e. The van der Waals surface area contributed by atoms with Crippen LogP contribution in [0.25, 0.3) is 0 Å². The lowest BCUT2D eigenvalue weighted by Gasteiger charge is -2.19. The van der Waals surface area contributed by atoms with Gasteiger partial charge in [-0.2, -0.15) is 0 Å². The van der Waals surface area contributed by atoms with Crippen molar-refractivity contribution in [2.24, 2.45) is 0 Å². The Balaban J connectivity index is 1.58. The van der Waals surface area contributed by atoms with E-state index >= 15 is 0 Å². The number of benzene rings is 2. The number of rotatable bonds is 7. The average Bonchev–Trinajstić information content (AvgIpc) is 3.18. The number of hydrogen-bond acceptors (Lipinski definition) is 3. The van der Waals surface area contributed by atoms with Gasteiger partial charge < -0.3 is 10.1 Å². The fourth-order valence-corrected chi connectivity index (χ4v) is 3.73. The maximum Gasteiger partial charge on any atom is 0.261 e. The molecule has 1 aliphatic heterocycles. The van der Waals surface area contributed by atoms with Crippen molar-refractivity contribution in [2.45, 2.75) is 52.8 Å². The van der Waals surface area contributed by atoms with E-state index in [9.17, 15) is 4.79 Å². The molecule has 0 bridgehead atoms. The molecule has 1 amide bonds. The Kier molecular flexibility index (Phi) is 6.97. The highest BCUT2D eigenvalue weighted by Gasteiger charge is 2.17. The summed E-state index contributed by atoms with van der Waals surface area (Å²) in [4.78, 5) is 15.0. The van der Waals surface area contributed by atoms with Crippen LogP contribution in [0.3, 0.4) is 0 Å². The first-order chi connectivity index (χ1) is 13.4. The van der Waals surface area contributed by atoms with Crippen LogP contribution in [0.4, 0.5) is 0 Å². The molecule has 1 saturated heterocycles. The van der Waals surface area contributed by atoms with E-state index in [2.05, 4.69) is 28.4 Å². The van der Waals surface area contributed by atoms with Gasteiger partial charge in [-0.1, -0.05) is 35.9 Å². The van der Waals surface area contributed by atoms with E-state index in [4.69, 9.17) is 16.3 Å². The zero-order valence-electron chi connectivity index (χ0n) is 16.9. The van der Waals surface area contributed by atoms with Gasteiger partial charge in [0.05, 0.1) is 0 Å². The Bertz CT molecular complexity index is 808. The second-order valence-corrected chi connectivity index (χ2v) is 7.98. The summed E-state index contributed by atoms with van der Waals surface area (Å²) in [5.41, 5.74) is 4.33. The number of likely N-dealkylation sites (tertiary alicyclic amines) is 1. The number of carbonyl (C=O) groups excluding carboxylic acids is 1. The van der Waals surface area contributed by atoms with Gasteiger partial charge in [0.1, 0.15) is 5.75 Å². The molecule has 150 valence electrons. The normalized spacial score (nSPS) is 15.4. The molecule has 1 N–H and O–H groups in total. The predicted octanol–water partition coefficient (Wildman–Crippen LogP) is 4.64. The fraction of sp³-hybridized carbons (Fsp3) is 0.435. The largest absolute Gasteiger partial charge is 0.481 e.